The third kappa shape index (κ3) is 2.03. The number of fused-ring (bicyclic) bond motifs is 1. The zero-order valence-corrected chi connectivity index (χ0v) is 12.0. The summed E-state index contributed by atoms with van der Waals surface area (Å²) in [5.74, 6) is 0.334. The van der Waals surface area contributed by atoms with Gasteiger partial charge >= 0.3 is 0 Å². The van der Waals surface area contributed by atoms with Crippen LogP contribution in [0, 0.1) is 15.3 Å². The first-order valence-corrected chi connectivity index (χ1v) is 7.21. The summed E-state index contributed by atoms with van der Waals surface area (Å²) in [6.45, 7) is 2.71. The van der Waals surface area contributed by atoms with Gasteiger partial charge in [0.2, 0.25) is 0 Å². The lowest BCUT2D eigenvalue weighted by Crippen LogP contribution is -2.39. The maximum Gasteiger partial charge on any atom is 0.255 e. The number of nitrogens with one attached hydrogen (secondary N) is 1. The highest BCUT2D eigenvalue weighted by molar-refractivity contribution is 14.1. The first-order valence-electron chi connectivity index (χ1n) is 6.13. The number of benzene rings is 1. The van der Waals surface area contributed by atoms with Gasteiger partial charge in [-0.15, -0.1) is 0 Å². The number of hydrogen-bond donors (Lipinski definition) is 1. The molecule has 3 rings (SSSR count). The minimum atomic E-state index is -0.294. The molecule has 1 N–H and O–H groups in total. The van der Waals surface area contributed by atoms with Crippen LogP contribution in [0.2, 0.25) is 0 Å². The lowest BCUT2D eigenvalue weighted by atomic mass is 10.0. The Bertz CT molecular complexity index is 494. The average Bonchev–Trinajstić information content (AvgIpc) is 2.89. The first kappa shape index (κ1) is 12.3. The van der Waals surface area contributed by atoms with Crippen LogP contribution < -0.4 is 5.32 Å². The maximum atomic E-state index is 13.1. The van der Waals surface area contributed by atoms with Crippen molar-refractivity contribution in [1.82, 2.24) is 10.2 Å². The van der Waals surface area contributed by atoms with Gasteiger partial charge in [-0.1, -0.05) is 0 Å². The zero-order chi connectivity index (χ0) is 12.7. The molecule has 1 aromatic carbocycles. The molecule has 2 aliphatic heterocycles. The number of halogens is 2. The van der Waals surface area contributed by atoms with E-state index in [0.29, 0.717) is 21.1 Å². The number of nitrogens with zero attached hydrogens (tertiary/aromatic N) is 1. The summed E-state index contributed by atoms with van der Waals surface area (Å²) in [6.07, 6.45) is 1.07. The Labute approximate surface area is 119 Å². The van der Waals surface area contributed by atoms with Crippen molar-refractivity contribution in [3.63, 3.8) is 0 Å². The second-order valence-corrected chi connectivity index (χ2v) is 6.06. The fraction of sp³-hybridized carbons (Fsp3) is 0.462. The Morgan fingerprint density at radius 3 is 3.06 bits per heavy atom. The largest absolute Gasteiger partial charge is 0.334 e. The second kappa shape index (κ2) is 4.77. The Morgan fingerprint density at radius 1 is 1.44 bits per heavy atom. The van der Waals surface area contributed by atoms with Gasteiger partial charge in [-0.25, -0.2) is 4.39 Å². The summed E-state index contributed by atoms with van der Waals surface area (Å²) < 4.78 is 13.8. The Hall–Kier alpha value is -0.690. The predicted octanol–water partition coefficient (Wildman–Crippen LogP) is 1.86. The van der Waals surface area contributed by atoms with Crippen molar-refractivity contribution in [2.75, 3.05) is 19.6 Å². The van der Waals surface area contributed by atoms with Crippen molar-refractivity contribution in [2.24, 2.45) is 5.92 Å². The van der Waals surface area contributed by atoms with Crippen molar-refractivity contribution < 1.29 is 9.18 Å². The topological polar surface area (TPSA) is 32.3 Å². The Kier molecular flexibility index (Phi) is 3.27. The Morgan fingerprint density at radius 2 is 2.28 bits per heavy atom. The summed E-state index contributed by atoms with van der Waals surface area (Å²) >= 11 is 2.02. The van der Waals surface area contributed by atoms with Crippen LogP contribution in [0.3, 0.4) is 0 Å². The summed E-state index contributed by atoms with van der Waals surface area (Å²) in [6, 6.07) is 4.68. The maximum absolute atomic E-state index is 13.1. The van der Waals surface area contributed by atoms with E-state index in [1.54, 1.807) is 6.07 Å². The molecule has 2 aliphatic rings. The summed E-state index contributed by atoms with van der Waals surface area (Å²) in [7, 11) is 0. The van der Waals surface area contributed by atoms with Gasteiger partial charge in [-0.05, 0) is 53.1 Å². The quantitative estimate of drug-likeness (QED) is 0.776. The number of carbonyl (C=O) groups excluding carboxylic acids is 1. The molecular formula is C13H14FIN2O. The zero-order valence-electron chi connectivity index (χ0n) is 9.83. The van der Waals surface area contributed by atoms with Crippen LogP contribution in [0.1, 0.15) is 16.8 Å². The van der Waals surface area contributed by atoms with E-state index in [0.717, 1.165) is 26.1 Å². The molecule has 0 unspecified atom stereocenters. The van der Waals surface area contributed by atoms with Crippen molar-refractivity contribution in [2.45, 2.75) is 12.5 Å². The summed E-state index contributed by atoms with van der Waals surface area (Å²) in [4.78, 5) is 14.4. The highest BCUT2D eigenvalue weighted by Gasteiger charge is 2.40. The van der Waals surface area contributed by atoms with Crippen molar-refractivity contribution in [3.8, 4) is 0 Å². The molecule has 2 heterocycles. The van der Waals surface area contributed by atoms with Crippen molar-refractivity contribution >= 4 is 28.5 Å². The highest BCUT2D eigenvalue weighted by Crippen LogP contribution is 2.29. The van der Waals surface area contributed by atoms with Gasteiger partial charge < -0.3 is 10.2 Å². The SMILES string of the molecule is O=C(c1ccc(F)cc1I)N1CC[C@H]2CNC[C@H]21. The molecule has 3 nitrogen and oxygen atoms in total. The second-order valence-electron chi connectivity index (χ2n) is 4.90. The van der Waals surface area contributed by atoms with Gasteiger partial charge in [-0.3, -0.25) is 4.79 Å². The van der Waals surface area contributed by atoms with Gasteiger partial charge in [0, 0.05) is 29.2 Å². The van der Waals surface area contributed by atoms with Crippen LogP contribution in [0.15, 0.2) is 18.2 Å². The van der Waals surface area contributed by atoms with E-state index >= 15 is 0 Å². The summed E-state index contributed by atoms with van der Waals surface area (Å²) in [5, 5.41) is 3.33. The molecule has 96 valence electrons. The van der Waals surface area contributed by atoms with Crippen molar-refractivity contribution in [1.29, 1.82) is 0 Å². The van der Waals surface area contributed by atoms with Gasteiger partial charge in [0.05, 0.1) is 5.56 Å². The van der Waals surface area contributed by atoms with Crippen LogP contribution in [-0.4, -0.2) is 36.5 Å². The Balaban J connectivity index is 1.86. The molecule has 0 aliphatic carbocycles. The van der Waals surface area contributed by atoms with E-state index in [1.807, 2.05) is 27.5 Å². The van der Waals surface area contributed by atoms with Gasteiger partial charge in [0.15, 0.2) is 0 Å². The van der Waals surface area contributed by atoms with E-state index in [-0.39, 0.29) is 11.7 Å². The molecule has 0 bridgehead atoms. The predicted molar refractivity (Wildman–Crippen MR) is 74.9 cm³/mol. The smallest absolute Gasteiger partial charge is 0.255 e. The van der Waals surface area contributed by atoms with Crippen LogP contribution in [0.25, 0.3) is 0 Å². The molecule has 2 saturated heterocycles. The van der Waals surface area contributed by atoms with Crippen LogP contribution in [-0.2, 0) is 0 Å². The number of amides is 1. The molecule has 1 amide bonds. The van der Waals surface area contributed by atoms with Gasteiger partial charge in [0.1, 0.15) is 5.82 Å². The van der Waals surface area contributed by atoms with E-state index in [1.165, 1.54) is 12.1 Å². The van der Waals surface area contributed by atoms with Gasteiger partial charge in [-0.2, -0.15) is 0 Å². The molecule has 0 spiro atoms. The molecule has 2 fully saturated rings. The van der Waals surface area contributed by atoms with E-state index in [9.17, 15) is 9.18 Å². The van der Waals surface area contributed by atoms with Crippen LogP contribution in [0.5, 0.6) is 0 Å². The molecule has 5 heteroatoms. The monoisotopic (exact) mass is 360 g/mol. The first-order chi connectivity index (χ1) is 8.66. The molecule has 0 radical (unpaired) electrons. The van der Waals surface area contributed by atoms with E-state index in [4.69, 9.17) is 0 Å². The normalized spacial score (nSPS) is 26.4. The average molecular weight is 360 g/mol. The number of rotatable bonds is 1. The lowest BCUT2D eigenvalue weighted by Gasteiger charge is -2.24. The molecule has 0 aromatic heterocycles. The van der Waals surface area contributed by atoms with Gasteiger partial charge in [0.25, 0.3) is 5.91 Å². The molecule has 1 aromatic rings. The standard InChI is InChI=1S/C13H14FIN2O/c14-9-1-2-10(11(15)5-9)13(18)17-4-3-8-6-16-7-12(8)17/h1-2,5,8,12,16H,3-4,6-7H2/t8-,12+/m0/s1. The minimum Gasteiger partial charge on any atom is -0.334 e. The molecule has 18 heavy (non-hydrogen) atoms. The van der Waals surface area contributed by atoms with Crippen LogP contribution >= 0.6 is 22.6 Å². The summed E-state index contributed by atoms with van der Waals surface area (Å²) in [5.41, 5.74) is 0.615. The van der Waals surface area contributed by atoms with Crippen molar-refractivity contribution in [3.05, 3.63) is 33.1 Å². The minimum absolute atomic E-state index is 0.0376. The van der Waals surface area contributed by atoms with E-state index < -0.39 is 0 Å². The molecule has 2 atom stereocenters. The number of likely N-dealkylation sites (tertiary alicyclic amines) is 1. The third-order valence-corrected chi connectivity index (χ3v) is 4.76. The highest BCUT2D eigenvalue weighted by atomic mass is 127. The lowest BCUT2D eigenvalue weighted by molar-refractivity contribution is 0.0736. The number of carbonyl (C=O) groups is 1. The van der Waals surface area contributed by atoms with E-state index in [2.05, 4.69) is 5.32 Å². The van der Waals surface area contributed by atoms with Crippen LogP contribution in [0.4, 0.5) is 4.39 Å². The molecule has 0 saturated carbocycles. The fourth-order valence-electron chi connectivity index (χ4n) is 2.92. The third-order valence-electron chi connectivity index (χ3n) is 3.87. The number of hydrogen-bond acceptors (Lipinski definition) is 2. The fourth-order valence-corrected chi connectivity index (χ4v) is 3.63. The molecular weight excluding hydrogens is 346 g/mol.